The summed E-state index contributed by atoms with van der Waals surface area (Å²) in [6.07, 6.45) is 0. The van der Waals surface area contributed by atoms with E-state index in [1.165, 1.54) is 11.1 Å². The summed E-state index contributed by atoms with van der Waals surface area (Å²) in [6.45, 7) is 4.18. The number of nitrogens with zero attached hydrogens (tertiary/aromatic N) is 2. The van der Waals surface area contributed by atoms with Crippen LogP contribution in [0.5, 0.6) is 0 Å². The molecule has 2 aromatic heterocycles. The lowest BCUT2D eigenvalue weighted by atomic mass is 10.0. The van der Waals surface area contributed by atoms with Gasteiger partial charge in [0.25, 0.3) is 0 Å². The summed E-state index contributed by atoms with van der Waals surface area (Å²) < 4.78 is 0. The quantitative estimate of drug-likeness (QED) is 0.326. The molecule has 0 aliphatic rings. The molecule has 4 nitrogen and oxygen atoms in total. The Kier molecular flexibility index (Phi) is 4.18. The molecule has 0 atom stereocenters. The summed E-state index contributed by atoms with van der Waals surface area (Å²) in [7, 11) is 0. The molecule has 0 spiro atoms. The molecule has 0 aliphatic heterocycles. The largest absolute Gasteiger partial charge is 0.338 e. The minimum atomic E-state index is 0.893. The van der Waals surface area contributed by atoms with Gasteiger partial charge in [-0.25, -0.2) is 9.97 Å². The van der Waals surface area contributed by atoms with Crippen LogP contribution in [0.25, 0.3) is 56.0 Å². The van der Waals surface area contributed by atoms with Crippen molar-refractivity contribution in [3.05, 3.63) is 96.1 Å². The fourth-order valence-electron chi connectivity index (χ4n) is 4.07. The second kappa shape index (κ2) is 7.20. The van der Waals surface area contributed by atoms with Crippen LogP contribution < -0.4 is 0 Å². The van der Waals surface area contributed by atoms with E-state index in [1.54, 1.807) is 0 Å². The van der Waals surface area contributed by atoms with Crippen molar-refractivity contribution < 1.29 is 0 Å². The third-order valence-electron chi connectivity index (χ3n) is 5.95. The Bertz CT molecular complexity index is 1450. The minimum Gasteiger partial charge on any atom is -0.338 e. The van der Waals surface area contributed by atoms with Gasteiger partial charge in [0, 0.05) is 11.1 Å². The highest BCUT2D eigenvalue weighted by Crippen LogP contribution is 2.29. The molecule has 2 heterocycles. The molecule has 0 radical (unpaired) electrons. The Hall–Kier alpha value is -4.18. The number of hydrogen-bond donors (Lipinski definition) is 2. The van der Waals surface area contributed by atoms with Gasteiger partial charge in [0.1, 0.15) is 11.6 Å². The van der Waals surface area contributed by atoms with Crippen LogP contribution in [-0.2, 0) is 0 Å². The Balaban J connectivity index is 1.37. The zero-order chi connectivity index (χ0) is 21.7. The number of aromatic nitrogens is 4. The molecule has 4 aromatic carbocycles. The van der Waals surface area contributed by atoms with E-state index < -0.39 is 0 Å². The van der Waals surface area contributed by atoms with Gasteiger partial charge in [0.15, 0.2) is 0 Å². The first kappa shape index (κ1) is 18.6. The standard InChI is InChI=1S/C28H22N4/c1-17-3-7-19(8-4-17)27-29-23-13-11-21(15-25(23)31-27)22-12-14-24-26(16-22)32-28(30-24)20-9-5-18(2)6-10-20/h3-16H,1-2H3,(H,29,31)(H,30,32). The first-order valence-corrected chi connectivity index (χ1v) is 10.8. The van der Waals surface area contributed by atoms with Crippen molar-refractivity contribution in [3.8, 4) is 33.9 Å². The summed E-state index contributed by atoms with van der Waals surface area (Å²) in [5, 5.41) is 0. The van der Waals surface area contributed by atoms with Crippen molar-refractivity contribution in [3.63, 3.8) is 0 Å². The third-order valence-corrected chi connectivity index (χ3v) is 5.95. The van der Waals surface area contributed by atoms with E-state index >= 15 is 0 Å². The smallest absolute Gasteiger partial charge is 0.138 e. The normalized spacial score (nSPS) is 11.4. The molecule has 6 aromatic rings. The average Bonchev–Trinajstić information content (AvgIpc) is 3.43. The molecule has 0 aliphatic carbocycles. The molecule has 2 N–H and O–H groups in total. The van der Waals surface area contributed by atoms with Gasteiger partial charge in [-0.15, -0.1) is 0 Å². The zero-order valence-corrected chi connectivity index (χ0v) is 18.0. The van der Waals surface area contributed by atoms with E-state index in [2.05, 4.69) is 109 Å². The number of rotatable bonds is 3. The van der Waals surface area contributed by atoms with Crippen LogP contribution in [0.3, 0.4) is 0 Å². The number of hydrogen-bond acceptors (Lipinski definition) is 2. The van der Waals surface area contributed by atoms with Crippen molar-refractivity contribution in [1.82, 2.24) is 19.9 Å². The van der Waals surface area contributed by atoms with Crippen molar-refractivity contribution in [2.24, 2.45) is 0 Å². The predicted molar refractivity (Wildman–Crippen MR) is 132 cm³/mol. The Morgan fingerprint density at radius 2 is 0.844 bits per heavy atom. The van der Waals surface area contributed by atoms with Crippen molar-refractivity contribution in [2.45, 2.75) is 13.8 Å². The number of aromatic amines is 2. The SMILES string of the molecule is Cc1ccc(-c2nc3ccc(-c4ccc5nc(-c6ccc(C)cc6)[nH]c5c4)cc3[nH]2)cc1. The molecule has 6 rings (SSSR count). The second-order valence-electron chi connectivity index (χ2n) is 8.37. The summed E-state index contributed by atoms with van der Waals surface area (Å²) in [4.78, 5) is 16.5. The van der Waals surface area contributed by atoms with Gasteiger partial charge in [-0.2, -0.15) is 0 Å². The van der Waals surface area contributed by atoms with Crippen LogP contribution in [0.1, 0.15) is 11.1 Å². The number of benzene rings is 4. The van der Waals surface area contributed by atoms with E-state index in [0.717, 1.165) is 56.0 Å². The first-order valence-electron chi connectivity index (χ1n) is 10.8. The number of fused-ring (bicyclic) bond motifs is 2. The Labute approximate surface area is 186 Å². The molecular weight excluding hydrogens is 392 g/mol. The zero-order valence-electron chi connectivity index (χ0n) is 18.0. The molecule has 0 saturated carbocycles. The topological polar surface area (TPSA) is 57.4 Å². The van der Waals surface area contributed by atoms with Crippen LogP contribution in [0.4, 0.5) is 0 Å². The molecule has 0 bridgehead atoms. The van der Waals surface area contributed by atoms with Crippen LogP contribution in [-0.4, -0.2) is 19.9 Å². The van der Waals surface area contributed by atoms with Crippen LogP contribution in [0.2, 0.25) is 0 Å². The minimum absolute atomic E-state index is 0.893. The van der Waals surface area contributed by atoms with Crippen molar-refractivity contribution in [2.75, 3.05) is 0 Å². The van der Waals surface area contributed by atoms with E-state index in [1.807, 2.05) is 0 Å². The molecule has 0 fully saturated rings. The van der Waals surface area contributed by atoms with Gasteiger partial charge >= 0.3 is 0 Å². The highest BCUT2D eigenvalue weighted by molar-refractivity contribution is 5.88. The Morgan fingerprint density at radius 1 is 0.469 bits per heavy atom. The maximum atomic E-state index is 4.77. The second-order valence-corrected chi connectivity index (χ2v) is 8.37. The summed E-state index contributed by atoms with van der Waals surface area (Å²) >= 11 is 0. The first-order chi connectivity index (χ1) is 15.6. The fraction of sp³-hybridized carbons (Fsp3) is 0.0714. The highest BCUT2D eigenvalue weighted by atomic mass is 14.9. The van der Waals surface area contributed by atoms with Gasteiger partial charge in [0.2, 0.25) is 0 Å². The van der Waals surface area contributed by atoms with Crippen LogP contribution in [0.15, 0.2) is 84.9 Å². The summed E-state index contributed by atoms with van der Waals surface area (Å²) in [5.41, 5.74) is 11.0. The van der Waals surface area contributed by atoms with Crippen molar-refractivity contribution in [1.29, 1.82) is 0 Å². The monoisotopic (exact) mass is 414 g/mol. The molecule has 4 heteroatoms. The molecule has 32 heavy (non-hydrogen) atoms. The third kappa shape index (κ3) is 3.26. The predicted octanol–water partition coefficient (Wildman–Crippen LogP) is 7.06. The Morgan fingerprint density at radius 3 is 1.25 bits per heavy atom. The van der Waals surface area contributed by atoms with Crippen LogP contribution in [0, 0.1) is 13.8 Å². The van der Waals surface area contributed by atoms with Gasteiger partial charge in [-0.1, -0.05) is 71.8 Å². The van der Waals surface area contributed by atoms with E-state index in [4.69, 9.17) is 9.97 Å². The number of aryl methyl sites for hydroxylation is 2. The maximum absolute atomic E-state index is 4.77. The molecule has 0 unspecified atom stereocenters. The van der Waals surface area contributed by atoms with E-state index in [-0.39, 0.29) is 0 Å². The van der Waals surface area contributed by atoms with Crippen LogP contribution >= 0.6 is 0 Å². The summed E-state index contributed by atoms with van der Waals surface area (Å²) in [6, 6.07) is 29.6. The maximum Gasteiger partial charge on any atom is 0.138 e. The van der Waals surface area contributed by atoms with Gasteiger partial charge in [0.05, 0.1) is 22.1 Å². The molecular formula is C28H22N4. The van der Waals surface area contributed by atoms with Gasteiger partial charge < -0.3 is 9.97 Å². The number of imidazole rings is 2. The van der Waals surface area contributed by atoms with Crippen molar-refractivity contribution >= 4 is 22.1 Å². The lowest BCUT2D eigenvalue weighted by molar-refractivity contribution is 1.33. The van der Waals surface area contributed by atoms with E-state index in [0.29, 0.717) is 0 Å². The lowest BCUT2D eigenvalue weighted by Gasteiger charge is -2.01. The number of H-pyrrole nitrogens is 2. The van der Waals surface area contributed by atoms with Gasteiger partial charge in [-0.05, 0) is 49.2 Å². The van der Waals surface area contributed by atoms with Gasteiger partial charge in [-0.3, -0.25) is 0 Å². The lowest BCUT2D eigenvalue weighted by Crippen LogP contribution is -1.80. The average molecular weight is 415 g/mol. The molecule has 0 amide bonds. The molecule has 0 saturated heterocycles. The molecule has 154 valence electrons. The highest BCUT2D eigenvalue weighted by Gasteiger charge is 2.10. The van der Waals surface area contributed by atoms with E-state index in [9.17, 15) is 0 Å². The fourth-order valence-corrected chi connectivity index (χ4v) is 4.07. The number of nitrogens with one attached hydrogen (secondary N) is 2. The summed E-state index contributed by atoms with van der Waals surface area (Å²) in [5.74, 6) is 1.79.